The first-order chi connectivity index (χ1) is 7.99. The van der Waals surface area contributed by atoms with Gasteiger partial charge in [0.15, 0.2) is 0 Å². The second-order valence-corrected chi connectivity index (χ2v) is 4.18. The van der Waals surface area contributed by atoms with Crippen LogP contribution in [0.5, 0.6) is 0 Å². The maximum absolute atomic E-state index is 10.8. The maximum Gasteiger partial charge on any atom is 0.373 e. The monoisotopic (exact) mass is 271 g/mol. The Morgan fingerprint density at radius 3 is 2.59 bits per heavy atom. The van der Waals surface area contributed by atoms with E-state index in [9.17, 15) is 4.79 Å². The molecule has 0 spiro atoms. The van der Waals surface area contributed by atoms with Gasteiger partial charge in [0, 0.05) is 5.56 Å². The lowest BCUT2D eigenvalue weighted by molar-refractivity contribution is 0.0662. The summed E-state index contributed by atoms with van der Waals surface area (Å²) in [6, 6.07) is 4.82. The molecule has 0 saturated carbocycles. The number of aromatic carboxylic acids is 1. The molecule has 1 N–H and O–H groups in total. The first-order valence-electron chi connectivity index (χ1n) is 4.65. The normalized spacial score (nSPS) is 10.5. The number of aryl methyl sites for hydroxylation is 1. The van der Waals surface area contributed by atoms with Crippen LogP contribution >= 0.6 is 23.2 Å². The van der Waals surface area contributed by atoms with Crippen molar-refractivity contribution in [3.05, 3.63) is 39.7 Å². The summed E-state index contributed by atoms with van der Waals surface area (Å²) in [5.74, 6) is -1.12. The summed E-state index contributed by atoms with van der Waals surface area (Å²) in [5.41, 5.74) is 0.897. The highest BCUT2D eigenvalue weighted by Crippen LogP contribution is 2.29. The van der Waals surface area contributed by atoms with E-state index < -0.39 is 5.97 Å². The summed E-state index contributed by atoms with van der Waals surface area (Å²) < 4.78 is 5.14. The Bertz CT molecular complexity index is 592. The number of carboxylic acid groups (broad SMARTS) is 1. The van der Waals surface area contributed by atoms with E-state index in [1.807, 2.05) is 0 Å². The van der Waals surface area contributed by atoms with Crippen molar-refractivity contribution < 1.29 is 14.3 Å². The number of oxazole rings is 1. The van der Waals surface area contributed by atoms with Gasteiger partial charge in [-0.2, -0.15) is 0 Å². The largest absolute Gasteiger partial charge is 0.475 e. The summed E-state index contributed by atoms with van der Waals surface area (Å²) >= 11 is 11.6. The number of hydrogen-bond donors (Lipinski definition) is 1. The Kier molecular flexibility index (Phi) is 3.09. The highest BCUT2D eigenvalue weighted by atomic mass is 35.5. The predicted molar refractivity (Wildman–Crippen MR) is 63.7 cm³/mol. The van der Waals surface area contributed by atoms with Crippen LogP contribution in [0.25, 0.3) is 11.5 Å². The molecule has 0 unspecified atom stereocenters. The topological polar surface area (TPSA) is 63.3 Å². The third kappa shape index (κ3) is 2.28. The molecule has 0 radical (unpaired) electrons. The summed E-state index contributed by atoms with van der Waals surface area (Å²) in [5, 5.41) is 9.62. The highest BCUT2D eigenvalue weighted by Gasteiger charge is 2.17. The van der Waals surface area contributed by atoms with Crippen molar-refractivity contribution in [2.24, 2.45) is 0 Å². The summed E-state index contributed by atoms with van der Waals surface area (Å²) in [6.45, 7) is 1.56. The molecule has 4 nitrogen and oxygen atoms in total. The molecule has 6 heteroatoms. The molecule has 1 aromatic heterocycles. The SMILES string of the molecule is Cc1nc(-c2ccc(Cl)c(Cl)c2)oc1C(=O)O. The first-order valence-corrected chi connectivity index (χ1v) is 5.41. The lowest BCUT2D eigenvalue weighted by atomic mass is 10.2. The van der Waals surface area contributed by atoms with E-state index in [0.717, 1.165) is 0 Å². The van der Waals surface area contributed by atoms with E-state index >= 15 is 0 Å². The molecule has 1 heterocycles. The fourth-order valence-electron chi connectivity index (χ4n) is 1.35. The lowest BCUT2D eigenvalue weighted by Crippen LogP contribution is -1.95. The minimum absolute atomic E-state index is 0.175. The van der Waals surface area contributed by atoms with Gasteiger partial charge in [-0.3, -0.25) is 0 Å². The average molecular weight is 272 g/mol. The van der Waals surface area contributed by atoms with Crippen molar-refractivity contribution in [1.82, 2.24) is 4.98 Å². The van der Waals surface area contributed by atoms with Crippen molar-refractivity contribution in [2.75, 3.05) is 0 Å². The van der Waals surface area contributed by atoms with Gasteiger partial charge in [-0.25, -0.2) is 9.78 Å². The van der Waals surface area contributed by atoms with Crippen LogP contribution in [-0.2, 0) is 0 Å². The smallest absolute Gasteiger partial charge is 0.373 e. The van der Waals surface area contributed by atoms with E-state index in [-0.39, 0.29) is 11.7 Å². The minimum atomic E-state index is -1.15. The molecule has 88 valence electrons. The molecular formula is C11H7Cl2NO3. The van der Waals surface area contributed by atoms with Crippen LogP contribution in [0.3, 0.4) is 0 Å². The lowest BCUT2D eigenvalue weighted by Gasteiger charge is -1.98. The fraction of sp³-hybridized carbons (Fsp3) is 0.0909. The molecule has 1 aromatic carbocycles. The van der Waals surface area contributed by atoms with Crippen molar-refractivity contribution in [1.29, 1.82) is 0 Å². The molecule has 0 bridgehead atoms. The summed E-state index contributed by atoms with van der Waals surface area (Å²) in [6.07, 6.45) is 0. The van der Waals surface area contributed by atoms with E-state index in [0.29, 0.717) is 21.3 Å². The van der Waals surface area contributed by atoms with Crippen LogP contribution < -0.4 is 0 Å². The zero-order chi connectivity index (χ0) is 12.6. The number of benzene rings is 1. The number of halogens is 2. The molecule has 0 aliphatic rings. The molecule has 0 fully saturated rings. The number of aromatic nitrogens is 1. The van der Waals surface area contributed by atoms with Crippen LogP contribution in [0.2, 0.25) is 10.0 Å². The van der Waals surface area contributed by atoms with E-state index in [4.69, 9.17) is 32.7 Å². The van der Waals surface area contributed by atoms with Gasteiger partial charge in [0.2, 0.25) is 11.7 Å². The Morgan fingerprint density at radius 2 is 2.06 bits per heavy atom. The average Bonchev–Trinajstić information content (AvgIpc) is 2.64. The van der Waals surface area contributed by atoms with Gasteiger partial charge in [-0.1, -0.05) is 23.2 Å². The molecule has 17 heavy (non-hydrogen) atoms. The molecule has 0 saturated heterocycles. The number of carbonyl (C=O) groups is 1. The van der Waals surface area contributed by atoms with Crippen LogP contribution in [0, 0.1) is 6.92 Å². The molecule has 0 aliphatic carbocycles. The summed E-state index contributed by atoms with van der Waals surface area (Å²) in [4.78, 5) is 14.8. The van der Waals surface area contributed by atoms with E-state index in [1.165, 1.54) is 0 Å². The van der Waals surface area contributed by atoms with Gasteiger partial charge < -0.3 is 9.52 Å². The predicted octanol–water partition coefficient (Wildman–Crippen LogP) is 3.66. The second kappa shape index (κ2) is 4.39. The molecular weight excluding hydrogens is 265 g/mol. The second-order valence-electron chi connectivity index (χ2n) is 3.37. The Hall–Kier alpha value is -1.52. The molecule has 0 atom stereocenters. The van der Waals surface area contributed by atoms with Crippen molar-refractivity contribution in [3.63, 3.8) is 0 Å². The van der Waals surface area contributed by atoms with Gasteiger partial charge in [-0.15, -0.1) is 0 Å². The Balaban J connectivity index is 2.50. The molecule has 2 aromatic rings. The van der Waals surface area contributed by atoms with Crippen molar-refractivity contribution in [2.45, 2.75) is 6.92 Å². The molecule has 0 aliphatic heterocycles. The van der Waals surface area contributed by atoms with Crippen LogP contribution in [0.4, 0.5) is 0 Å². The van der Waals surface area contributed by atoms with Crippen molar-refractivity contribution >= 4 is 29.2 Å². The van der Waals surface area contributed by atoms with Crippen LogP contribution in [0.15, 0.2) is 22.6 Å². The first kappa shape index (κ1) is 12.0. The number of hydrogen-bond acceptors (Lipinski definition) is 3. The van der Waals surface area contributed by atoms with Gasteiger partial charge in [-0.05, 0) is 25.1 Å². The zero-order valence-corrected chi connectivity index (χ0v) is 10.2. The maximum atomic E-state index is 10.8. The van der Waals surface area contributed by atoms with E-state index in [1.54, 1.807) is 25.1 Å². The van der Waals surface area contributed by atoms with Gasteiger partial charge in [0.1, 0.15) is 0 Å². The summed E-state index contributed by atoms with van der Waals surface area (Å²) in [7, 11) is 0. The third-order valence-electron chi connectivity index (χ3n) is 2.16. The molecule has 2 rings (SSSR count). The fourth-order valence-corrected chi connectivity index (χ4v) is 1.65. The van der Waals surface area contributed by atoms with Crippen LogP contribution in [-0.4, -0.2) is 16.1 Å². The van der Waals surface area contributed by atoms with Gasteiger partial charge in [0.25, 0.3) is 0 Å². The number of carboxylic acids is 1. The Morgan fingerprint density at radius 1 is 1.35 bits per heavy atom. The quantitative estimate of drug-likeness (QED) is 0.906. The Labute approximate surface area is 107 Å². The minimum Gasteiger partial charge on any atom is -0.475 e. The number of nitrogens with zero attached hydrogens (tertiary/aromatic N) is 1. The van der Waals surface area contributed by atoms with Crippen molar-refractivity contribution in [3.8, 4) is 11.5 Å². The third-order valence-corrected chi connectivity index (χ3v) is 2.90. The molecule has 0 amide bonds. The van der Waals surface area contributed by atoms with Crippen LogP contribution in [0.1, 0.15) is 16.2 Å². The standard InChI is InChI=1S/C11H7Cl2NO3/c1-5-9(11(15)16)17-10(14-5)6-2-3-7(12)8(13)4-6/h2-4H,1H3,(H,15,16). The highest BCUT2D eigenvalue weighted by molar-refractivity contribution is 6.42. The van der Waals surface area contributed by atoms with E-state index in [2.05, 4.69) is 4.98 Å². The van der Waals surface area contributed by atoms with Gasteiger partial charge in [0.05, 0.1) is 15.7 Å². The zero-order valence-electron chi connectivity index (χ0n) is 8.70. The number of rotatable bonds is 2. The van der Waals surface area contributed by atoms with Gasteiger partial charge >= 0.3 is 5.97 Å².